The molecule has 2 N–H and O–H groups in total. The Morgan fingerprint density at radius 3 is 2.18 bits per heavy atom. The third-order valence-corrected chi connectivity index (χ3v) is 3.85. The highest BCUT2D eigenvalue weighted by Crippen LogP contribution is 2.33. The number of aryl methyl sites for hydroxylation is 1. The third kappa shape index (κ3) is 5.47. The summed E-state index contributed by atoms with van der Waals surface area (Å²) < 4.78 is 15.7. The molecule has 0 fully saturated rings. The van der Waals surface area contributed by atoms with Gasteiger partial charge in [-0.3, -0.25) is 9.59 Å². The Bertz CT molecular complexity index is 863. The Morgan fingerprint density at radius 2 is 1.57 bits per heavy atom. The van der Waals surface area contributed by atoms with E-state index in [1.807, 2.05) is 19.1 Å². The molecule has 0 aromatic heterocycles. The minimum Gasteiger partial charge on any atom is -0.496 e. The Kier molecular flexibility index (Phi) is 7.38. The van der Waals surface area contributed by atoms with Crippen molar-refractivity contribution in [1.82, 2.24) is 10.7 Å². The van der Waals surface area contributed by atoms with E-state index in [9.17, 15) is 9.59 Å². The van der Waals surface area contributed by atoms with Gasteiger partial charge in [0.1, 0.15) is 5.75 Å². The van der Waals surface area contributed by atoms with Crippen molar-refractivity contribution in [3.63, 3.8) is 0 Å². The lowest BCUT2D eigenvalue weighted by atomic mass is 10.1. The van der Waals surface area contributed by atoms with Crippen LogP contribution in [0.3, 0.4) is 0 Å². The van der Waals surface area contributed by atoms with Gasteiger partial charge in [0.25, 0.3) is 11.8 Å². The van der Waals surface area contributed by atoms with E-state index in [4.69, 9.17) is 14.2 Å². The Labute approximate surface area is 163 Å². The number of hydrogen-bond donors (Lipinski definition) is 2. The molecule has 8 heteroatoms. The van der Waals surface area contributed by atoms with Gasteiger partial charge >= 0.3 is 0 Å². The third-order valence-electron chi connectivity index (χ3n) is 3.85. The number of methoxy groups -OCH3 is 3. The minimum atomic E-state index is -0.462. The lowest BCUT2D eigenvalue weighted by Gasteiger charge is -2.11. The summed E-state index contributed by atoms with van der Waals surface area (Å²) in [5.74, 6) is 0.723. The maximum Gasteiger partial charge on any atom is 0.259 e. The number of nitrogens with one attached hydrogen (secondary N) is 2. The quantitative estimate of drug-likeness (QED) is 0.534. The average Bonchev–Trinajstić information content (AvgIpc) is 2.72. The van der Waals surface area contributed by atoms with Gasteiger partial charge in [0.2, 0.25) is 0 Å². The first-order chi connectivity index (χ1) is 13.5. The van der Waals surface area contributed by atoms with Crippen LogP contribution in [0, 0.1) is 6.92 Å². The number of benzene rings is 2. The molecular weight excluding hydrogens is 362 g/mol. The van der Waals surface area contributed by atoms with Crippen molar-refractivity contribution in [3.05, 3.63) is 53.1 Å². The van der Waals surface area contributed by atoms with Crippen LogP contribution < -0.4 is 25.0 Å². The summed E-state index contributed by atoms with van der Waals surface area (Å²) in [6.45, 7) is 1.73. The van der Waals surface area contributed by atoms with Gasteiger partial charge in [-0.15, -0.1) is 0 Å². The number of ether oxygens (including phenoxy) is 3. The second-order valence-electron chi connectivity index (χ2n) is 5.79. The predicted molar refractivity (Wildman–Crippen MR) is 105 cm³/mol. The van der Waals surface area contributed by atoms with Crippen molar-refractivity contribution in [2.45, 2.75) is 6.92 Å². The number of nitrogens with zero attached hydrogens (tertiary/aromatic N) is 1. The molecule has 0 radical (unpaired) electrons. The van der Waals surface area contributed by atoms with Gasteiger partial charge in [-0.1, -0.05) is 17.7 Å². The van der Waals surface area contributed by atoms with Crippen molar-refractivity contribution >= 4 is 18.0 Å². The van der Waals surface area contributed by atoms with Gasteiger partial charge in [0.15, 0.2) is 11.5 Å². The maximum absolute atomic E-state index is 12.0. The van der Waals surface area contributed by atoms with E-state index >= 15 is 0 Å². The molecule has 0 saturated heterocycles. The molecule has 2 amide bonds. The lowest BCUT2D eigenvalue weighted by molar-refractivity contribution is -0.120. The van der Waals surface area contributed by atoms with Crippen molar-refractivity contribution in [2.75, 3.05) is 27.9 Å². The fourth-order valence-corrected chi connectivity index (χ4v) is 2.33. The Hall–Kier alpha value is -3.55. The van der Waals surface area contributed by atoms with Crippen molar-refractivity contribution < 1.29 is 23.8 Å². The molecule has 2 rings (SSSR count). The normalized spacial score (nSPS) is 10.4. The molecule has 0 unspecified atom stereocenters. The molecule has 0 atom stereocenters. The monoisotopic (exact) mass is 385 g/mol. The Balaban J connectivity index is 1.94. The average molecular weight is 385 g/mol. The lowest BCUT2D eigenvalue weighted by Crippen LogP contribution is -2.34. The first-order valence-electron chi connectivity index (χ1n) is 8.45. The summed E-state index contributed by atoms with van der Waals surface area (Å²) in [5, 5.41) is 6.43. The van der Waals surface area contributed by atoms with E-state index in [0.29, 0.717) is 28.4 Å². The van der Waals surface area contributed by atoms with E-state index in [0.717, 1.165) is 5.56 Å². The van der Waals surface area contributed by atoms with Crippen LogP contribution >= 0.6 is 0 Å². The van der Waals surface area contributed by atoms with Gasteiger partial charge in [-0.05, 0) is 25.1 Å². The number of rotatable bonds is 8. The van der Waals surface area contributed by atoms with E-state index < -0.39 is 5.91 Å². The molecule has 2 aromatic rings. The summed E-state index contributed by atoms with van der Waals surface area (Å²) in [6, 6.07) is 10.4. The van der Waals surface area contributed by atoms with Crippen LogP contribution in [0.25, 0.3) is 0 Å². The van der Waals surface area contributed by atoms with Crippen molar-refractivity contribution in [3.8, 4) is 17.2 Å². The standard InChI is InChI=1S/C20H23N3O5/c1-13-5-7-14(8-6-13)20(25)21-12-19(24)23-22-11-15-9-17(27-3)18(28-4)10-16(15)26-2/h5-11H,12H2,1-4H3,(H,21,25)(H,23,24). The van der Waals surface area contributed by atoms with Crippen LogP contribution in [0.15, 0.2) is 41.5 Å². The zero-order chi connectivity index (χ0) is 20.5. The SMILES string of the molecule is COc1cc(OC)c(OC)cc1C=NNC(=O)CNC(=O)c1ccc(C)cc1. The molecule has 0 spiro atoms. The van der Waals surface area contributed by atoms with Crippen molar-refractivity contribution in [1.29, 1.82) is 0 Å². The first kappa shape index (κ1) is 20.8. The number of carbonyl (C=O) groups is 2. The summed E-state index contributed by atoms with van der Waals surface area (Å²) in [6.07, 6.45) is 1.42. The highest BCUT2D eigenvalue weighted by molar-refractivity contribution is 5.96. The number of hydrazone groups is 1. The maximum atomic E-state index is 12.0. The molecule has 0 bridgehead atoms. The summed E-state index contributed by atoms with van der Waals surface area (Å²) in [4.78, 5) is 23.9. The molecule has 2 aromatic carbocycles. The predicted octanol–water partition coefficient (Wildman–Crippen LogP) is 1.90. The largest absolute Gasteiger partial charge is 0.496 e. The van der Waals surface area contributed by atoms with Crippen LogP contribution in [-0.4, -0.2) is 45.9 Å². The zero-order valence-electron chi connectivity index (χ0n) is 16.2. The molecule has 8 nitrogen and oxygen atoms in total. The van der Waals surface area contributed by atoms with Crippen LogP contribution in [0.2, 0.25) is 0 Å². The molecule has 0 heterocycles. The number of carbonyl (C=O) groups excluding carboxylic acids is 2. The van der Waals surface area contributed by atoms with Crippen LogP contribution in [0.5, 0.6) is 17.2 Å². The van der Waals surface area contributed by atoms with Gasteiger partial charge < -0.3 is 19.5 Å². The molecule has 0 aliphatic heterocycles. The second kappa shape index (κ2) is 9.96. The fourth-order valence-electron chi connectivity index (χ4n) is 2.33. The fraction of sp³-hybridized carbons (Fsp3) is 0.250. The number of amides is 2. The van der Waals surface area contributed by atoms with Crippen molar-refractivity contribution in [2.24, 2.45) is 5.10 Å². The highest BCUT2D eigenvalue weighted by Gasteiger charge is 2.11. The summed E-state index contributed by atoms with van der Waals surface area (Å²) in [7, 11) is 4.55. The van der Waals surface area contributed by atoms with Gasteiger partial charge in [-0.2, -0.15) is 5.10 Å². The topological polar surface area (TPSA) is 98.2 Å². The van der Waals surface area contributed by atoms with E-state index in [1.165, 1.54) is 27.5 Å². The number of hydrogen-bond acceptors (Lipinski definition) is 6. The molecule has 0 saturated carbocycles. The van der Waals surface area contributed by atoms with Gasteiger partial charge in [0.05, 0.1) is 34.1 Å². The molecular formula is C20H23N3O5. The molecule has 0 aliphatic carbocycles. The van der Waals surface area contributed by atoms with Crippen LogP contribution in [0.1, 0.15) is 21.5 Å². The van der Waals surface area contributed by atoms with Gasteiger partial charge in [0, 0.05) is 17.2 Å². The van der Waals surface area contributed by atoms with E-state index in [-0.39, 0.29) is 12.5 Å². The van der Waals surface area contributed by atoms with Crippen LogP contribution in [0.4, 0.5) is 0 Å². The zero-order valence-corrected chi connectivity index (χ0v) is 16.2. The molecule has 0 aliphatic rings. The smallest absolute Gasteiger partial charge is 0.259 e. The Morgan fingerprint density at radius 1 is 0.964 bits per heavy atom. The molecule has 148 valence electrons. The molecule has 28 heavy (non-hydrogen) atoms. The summed E-state index contributed by atoms with van der Waals surface area (Å²) >= 11 is 0. The minimum absolute atomic E-state index is 0.201. The highest BCUT2D eigenvalue weighted by atomic mass is 16.5. The van der Waals surface area contributed by atoms with E-state index in [1.54, 1.807) is 24.3 Å². The second-order valence-corrected chi connectivity index (χ2v) is 5.79. The van der Waals surface area contributed by atoms with E-state index in [2.05, 4.69) is 15.8 Å². The summed E-state index contributed by atoms with van der Waals surface area (Å²) in [5.41, 5.74) is 4.47. The van der Waals surface area contributed by atoms with Gasteiger partial charge in [-0.25, -0.2) is 5.43 Å². The van der Waals surface area contributed by atoms with Crippen LogP contribution in [-0.2, 0) is 4.79 Å². The first-order valence-corrected chi connectivity index (χ1v) is 8.45.